The van der Waals surface area contributed by atoms with Gasteiger partial charge in [0.1, 0.15) is 0 Å². The molecule has 1 heterocycles. The first-order valence-corrected chi connectivity index (χ1v) is 7.28. The second kappa shape index (κ2) is 4.20. The van der Waals surface area contributed by atoms with Gasteiger partial charge in [-0.25, -0.2) is 0 Å². The molecular weight excluding hydrogens is 276 g/mol. The highest BCUT2D eigenvalue weighted by atomic mass is 79.9. The van der Waals surface area contributed by atoms with Gasteiger partial charge in [0.15, 0.2) is 0 Å². The third-order valence-electron chi connectivity index (χ3n) is 4.57. The van der Waals surface area contributed by atoms with Gasteiger partial charge >= 0.3 is 0 Å². The molecule has 0 aromatic heterocycles. The van der Waals surface area contributed by atoms with Crippen molar-refractivity contribution in [3.63, 3.8) is 0 Å². The summed E-state index contributed by atoms with van der Waals surface area (Å²) in [6.07, 6.45) is 7.04. The van der Waals surface area contributed by atoms with Gasteiger partial charge in [0, 0.05) is 17.6 Å². The molecule has 1 aliphatic heterocycles. The predicted molar refractivity (Wildman–Crippen MR) is 76.3 cm³/mol. The highest BCUT2D eigenvalue weighted by molar-refractivity contribution is 9.10. The summed E-state index contributed by atoms with van der Waals surface area (Å²) >= 11 is 3.53. The molecule has 3 heteroatoms. The lowest BCUT2D eigenvalue weighted by molar-refractivity contribution is 0.0955. The van der Waals surface area contributed by atoms with Crippen LogP contribution >= 0.6 is 15.9 Å². The molecule has 1 spiro atoms. The normalized spacial score (nSPS) is 22.5. The molecule has 2 fully saturated rings. The van der Waals surface area contributed by atoms with Crippen molar-refractivity contribution in [1.82, 2.24) is 0 Å². The molecule has 0 bridgehead atoms. The zero-order valence-corrected chi connectivity index (χ0v) is 11.7. The number of halogens is 1. The van der Waals surface area contributed by atoms with Gasteiger partial charge in [-0.2, -0.15) is 0 Å². The quantitative estimate of drug-likeness (QED) is 0.798. The lowest BCUT2D eigenvalue weighted by atomic mass is 9.63. The standard InChI is InChI=1S/C14H19BrN2/c15-11-2-3-12(16)13(10-11)17-8-6-14(7-9-17)4-1-5-14/h2-3,10H,1,4-9,16H2. The Morgan fingerprint density at radius 3 is 2.41 bits per heavy atom. The molecule has 1 aromatic rings. The van der Waals surface area contributed by atoms with Gasteiger partial charge in [-0.05, 0) is 49.3 Å². The molecule has 1 aliphatic carbocycles. The maximum atomic E-state index is 6.07. The summed E-state index contributed by atoms with van der Waals surface area (Å²) < 4.78 is 1.12. The number of hydrogen-bond donors (Lipinski definition) is 1. The molecule has 2 aliphatic rings. The summed E-state index contributed by atoms with van der Waals surface area (Å²) in [5, 5.41) is 0. The van der Waals surface area contributed by atoms with Crippen molar-refractivity contribution in [3.05, 3.63) is 22.7 Å². The van der Waals surface area contributed by atoms with E-state index in [-0.39, 0.29) is 0 Å². The maximum Gasteiger partial charge on any atom is 0.0611 e. The van der Waals surface area contributed by atoms with E-state index in [1.807, 2.05) is 12.1 Å². The number of nitrogens with two attached hydrogens (primary N) is 1. The molecule has 1 aromatic carbocycles. The van der Waals surface area contributed by atoms with Crippen LogP contribution in [0.15, 0.2) is 22.7 Å². The number of anilines is 2. The zero-order chi connectivity index (χ0) is 11.9. The predicted octanol–water partition coefficient (Wildman–Crippen LogP) is 3.80. The average Bonchev–Trinajstić information content (AvgIpc) is 2.31. The van der Waals surface area contributed by atoms with E-state index in [9.17, 15) is 0 Å². The van der Waals surface area contributed by atoms with Gasteiger partial charge in [0.2, 0.25) is 0 Å². The van der Waals surface area contributed by atoms with Crippen LogP contribution in [-0.2, 0) is 0 Å². The summed E-state index contributed by atoms with van der Waals surface area (Å²) in [4.78, 5) is 2.45. The van der Waals surface area contributed by atoms with Crippen LogP contribution in [-0.4, -0.2) is 13.1 Å². The first-order valence-electron chi connectivity index (χ1n) is 6.49. The summed E-state index contributed by atoms with van der Waals surface area (Å²) in [5.74, 6) is 0. The van der Waals surface area contributed by atoms with Crippen LogP contribution in [0.5, 0.6) is 0 Å². The first-order chi connectivity index (χ1) is 8.19. The molecule has 0 atom stereocenters. The molecule has 2 nitrogen and oxygen atoms in total. The maximum absolute atomic E-state index is 6.07. The molecule has 3 rings (SSSR count). The first kappa shape index (κ1) is 11.4. The van der Waals surface area contributed by atoms with Crippen LogP contribution < -0.4 is 10.6 Å². The fraction of sp³-hybridized carbons (Fsp3) is 0.571. The number of nitrogen functional groups attached to an aromatic ring is 1. The molecule has 0 radical (unpaired) electrons. The lowest BCUT2D eigenvalue weighted by Crippen LogP contribution is -2.43. The summed E-state index contributed by atoms with van der Waals surface area (Å²) in [6.45, 7) is 2.33. The second-order valence-electron chi connectivity index (χ2n) is 5.54. The van der Waals surface area contributed by atoms with Crippen LogP contribution in [0, 0.1) is 5.41 Å². The average molecular weight is 295 g/mol. The van der Waals surface area contributed by atoms with Crippen LogP contribution in [0.25, 0.3) is 0 Å². The van der Waals surface area contributed by atoms with Crippen LogP contribution in [0.1, 0.15) is 32.1 Å². The number of piperidine rings is 1. The number of hydrogen-bond acceptors (Lipinski definition) is 2. The van der Waals surface area contributed by atoms with Gasteiger partial charge in [0.05, 0.1) is 11.4 Å². The van der Waals surface area contributed by atoms with E-state index < -0.39 is 0 Å². The SMILES string of the molecule is Nc1ccc(Br)cc1N1CCC2(CCC2)CC1. The van der Waals surface area contributed by atoms with Crippen molar-refractivity contribution in [2.24, 2.45) is 5.41 Å². The minimum absolute atomic E-state index is 0.706. The number of nitrogens with zero attached hydrogens (tertiary/aromatic N) is 1. The van der Waals surface area contributed by atoms with Crippen molar-refractivity contribution < 1.29 is 0 Å². The zero-order valence-electron chi connectivity index (χ0n) is 10.1. The third-order valence-corrected chi connectivity index (χ3v) is 5.06. The third kappa shape index (κ3) is 2.05. The van der Waals surface area contributed by atoms with E-state index in [2.05, 4.69) is 26.9 Å². The Kier molecular flexibility index (Phi) is 2.81. The summed E-state index contributed by atoms with van der Waals surface area (Å²) in [6, 6.07) is 6.15. The molecule has 0 unspecified atom stereocenters. The van der Waals surface area contributed by atoms with Crippen molar-refractivity contribution in [1.29, 1.82) is 0 Å². The Morgan fingerprint density at radius 2 is 1.82 bits per heavy atom. The Balaban J connectivity index is 1.75. The van der Waals surface area contributed by atoms with Gasteiger partial charge in [-0.15, -0.1) is 0 Å². The lowest BCUT2D eigenvalue weighted by Gasteiger charge is -2.48. The molecule has 92 valence electrons. The molecule has 1 saturated heterocycles. The van der Waals surface area contributed by atoms with E-state index in [1.165, 1.54) is 50.9 Å². The summed E-state index contributed by atoms with van der Waals surface area (Å²) in [5.41, 5.74) is 8.88. The highest BCUT2D eigenvalue weighted by Crippen LogP contribution is 2.49. The fourth-order valence-electron chi connectivity index (χ4n) is 3.19. The Morgan fingerprint density at radius 1 is 1.12 bits per heavy atom. The number of rotatable bonds is 1. The topological polar surface area (TPSA) is 29.3 Å². The van der Waals surface area contributed by atoms with E-state index in [4.69, 9.17) is 5.73 Å². The van der Waals surface area contributed by atoms with E-state index >= 15 is 0 Å². The van der Waals surface area contributed by atoms with E-state index in [0.29, 0.717) is 5.41 Å². The van der Waals surface area contributed by atoms with Gasteiger partial charge < -0.3 is 10.6 Å². The minimum atomic E-state index is 0.706. The number of benzene rings is 1. The van der Waals surface area contributed by atoms with Gasteiger partial charge in [-0.1, -0.05) is 22.4 Å². The van der Waals surface area contributed by atoms with Gasteiger partial charge in [-0.3, -0.25) is 0 Å². The highest BCUT2D eigenvalue weighted by Gasteiger charge is 2.39. The largest absolute Gasteiger partial charge is 0.397 e. The van der Waals surface area contributed by atoms with Crippen LogP contribution in [0.2, 0.25) is 0 Å². The minimum Gasteiger partial charge on any atom is -0.397 e. The van der Waals surface area contributed by atoms with Crippen molar-refractivity contribution in [3.8, 4) is 0 Å². The molecule has 0 amide bonds. The van der Waals surface area contributed by atoms with Crippen LogP contribution in [0.4, 0.5) is 11.4 Å². The molecular formula is C14H19BrN2. The van der Waals surface area contributed by atoms with Crippen LogP contribution in [0.3, 0.4) is 0 Å². The molecule has 1 saturated carbocycles. The van der Waals surface area contributed by atoms with E-state index in [0.717, 1.165) is 10.2 Å². The monoisotopic (exact) mass is 294 g/mol. The van der Waals surface area contributed by atoms with Crippen molar-refractivity contribution in [2.45, 2.75) is 32.1 Å². The molecule has 2 N–H and O–H groups in total. The Hall–Kier alpha value is -0.700. The Bertz CT molecular complexity index is 416. The van der Waals surface area contributed by atoms with E-state index in [1.54, 1.807) is 0 Å². The second-order valence-corrected chi connectivity index (χ2v) is 6.46. The van der Waals surface area contributed by atoms with Crippen molar-refractivity contribution in [2.75, 3.05) is 23.7 Å². The Labute approximate surface area is 111 Å². The fourth-order valence-corrected chi connectivity index (χ4v) is 3.54. The smallest absolute Gasteiger partial charge is 0.0611 e. The molecule has 17 heavy (non-hydrogen) atoms. The summed E-state index contributed by atoms with van der Waals surface area (Å²) in [7, 11) is 0. The van der Waals surface area contributed by atoms with Gasteiger partial charge in [0.25, 0.3) is 0 Å². The van der Waals surface area contributed by atoms with Crippen molar-refractivity contribution >= 4 is 27.3 Å².